The summed E-state index contributed by atoms with van der Waals surface area (Å²) in [6.45, 7) is 0.897. The highest BCUT2D eigenvalue weighted by atomic mass is 35.5. The SMILES string of the molecule is Cc1ccc(NC(=O)COC(=O)Cn2nnc3ccccc3c2=O)cc1Cl. The Labute approximate surface area is 158 Å². The highest BCUT2D eigenvalue weighted by Crippen LogP contribution is 2.19. The number of hydrogen-bond acceptors (Lipinski definition) is 6. The van der Waals surface area contributed by atoms with E-state index in [2.05, 4.69) is 15.6 Å². The molecule has 0 radical (unpaired) electrons. The van der Waals surface area contributed by atoms with E-state index in [4.69, 9.17) is 16.3 Å². The molecule has 9 heteroatoms. The fraction of sp³-hybridized carbons (Fsp3) is 0.167. The van der Waals surface area contributed by atoms with E-state index < -0.39 is 30.6 Å². The second kappa shape index (κ2) is 7.96. The van der Waals surface area contributed by atoms with Gasteiger partial charge in [0, 0.05) is 10.7 Å². The van der Waals surface area contributed by atoms with Gasteiger partial charge >= 0.3 is 5.97 Å². The van der Waals surface area contributed by atoms with Crippen molar-refractivity contribution in [2.45, 2.75) is 13.5 Å². The zero-order valence-corrected chi connectivity index (χ0v) is 15.1. The lowest BCUT2D eigenvalue weighted by Crippen LogP contribution is -2.30. The third kappa shape index (κ3) is 4.48. The third-order valence-corrected chi connectivity index (χ3v) is 4.14. The topological polar surface area (TPSA) is 103 Å². The molecule has 0 saturated heterocycles. The molecule has 2 aromatic carbocycles. The maximum Gasteiger partial charge on any atom is 0.328 e. The molecular formula is C18H15ClN4O4. The molecule has 0 unspecified atom stereocenters. The molecule has 0 aliphatic rings. The summed E-state index contributed by atoms with van der Waals surface area (Å²) < 4.78 is 5.78. The van der Waals surface area contributed by atoms with Gasteiger partial charge in [0.15, 0.2) is 6.61 Å². The van der Waals surface area contributed by atoms with Crippen molar-refractivity contribution in [1.82, 2.24) is 15.0 Å². The van der Waals surface area contributed by atoms with Gasteiger partial charge in [-0.2, -0.15) is 4.68 Å². The Morgan fingerprint density at radius 3 is 2.78 bits per heavy atom. The molecule has 0 saturated carbocycles. The van der Waals surface area contributed by atoms with Crippen LogP contribution in [0.1, 0.15) is 5.56 Å². The standard InChI is InChI=1S/C18H15ClN4O4/c1-11-6-7-12(8-14(11)19)20-16(24)10-27-17(25)9-23-18(26)13-4-2-3-5-15(13)21-22-23/h2-8H,9-10H2,1H3,(H,20,24). The Hall–Kier alpha value is -3.26. The molecule has 8 nitrogen and oxygen atoms in total. The Balaban J connectivity index is 1.58. The molecule has 138 valence electrons. The number of ether oxygens (including phenoxy) is 1. The number of benzene rings is 2. The number of hydrogen-bond donors (Lipinski definition) is 1. The number of aromatic nitrogens is 3. The molecule has 1 heterocycles. The van der Waals surface area contributed by atoms with E-state index in [1.54, 1.807) is 42.5 Å². The Bertz CT molecular complexity index is 1080. The number of anilines is 1. The van der Waals surface area contributed by atoms with Gasteiger partial charge in [-0.05, 0) is 36.8 Å². The number of aryl methyl sites for hydroxylation is 1. The molecule has 0 spiro atoms. The summed E-state index contributed by atoms with van der Waals surface area (Å²) >= 11 is 5.99. The van der Waals surface area contributed by atoms with Crippen LogP contribution in [0.2, 0.25) is 5.02 Å². The van der Waals surface area contributed by atoms with Crippen molar-refractivity contribution in [2.24, 2.45) is 0 Å². The third-order valence-electron chi connectivity index (χ3n) is 3.73. The van der Waals surface area contributed by atoms with Gasteiger partial charge in [-0.15, -0.1) is 5.10 Å². The molecule has 0 aliphatic carbocycles. The zero-order valence-electron chi connectivity index (χ0n) is 14.3. The van der Waals surface area contributed by atoms with Gasteiger partial charge in [0.1, 0.15) is 12.1 Å². The summed E-state index contributed by atoms with van der Waals surface area (Å²) in [6.07, 6.45) is 0. The van der Waals surface area contributed by atoms with Gasteiger partial charge in [0.25, 0.3) is 11.5 Å². The summed E-state index contributed by atoms with van der Waals surface area (Å²) in [6, 6.07) is 11.7. The first-order chi connectivity index (χ1) is 12.9. The minimum Gasteiger partial charge on any atom is -0.454 e. The van der Waals surface area contributed by atoms with Crippen molar-refractivity contribution in [2.75, 3.05) is 11.9 Å². The van der Waals surface area contributed by atoms with Crippen LogP contribution in [0.4, 0.5) is 5.69 Å². The number of carbonyl (C=O) groups is 2. The molecule has 3 rings (SSSR count). The van der Waals surface area contributed by atoms with Crippen LogP contribution >= 0.6 is 11.6 Å². The van der Waals surface area contributed by atoms with Crippen molar-refractivity contribution >= 4 is 40.1 Å². The maximum absolute atomic E-state index is 12.3. The number of nitrogens with one attached hydrogen (secondary N) is 1. The number of rotatable bonds is 5. The maximum atomic E-state index is 12.3. The van der Waals surface area contributed by atoms with E-state index >= 15 is 0 Å². The van der Waals surface area contributed by atoms with Gasteiger partial charge < -0.3 is 10.1 Å². The zero-order chi connectivity index (χ0) is 19.4. The Morgan fingerprint density at radius 1 is 1.22 bits per heavy atom. The average molecular weight is 387 g/mol. The molecule has 27 heavy (non-hydrogen) atoms. The van der Waals surface area contributed by atoms with Crippen LogP contribution < -0.4 is 10.9 Å². The second-order valence-electron chi connectivity index (χ2n) is 5.74. The van der Waals surface area contributed by atoms with Crippen LogP contribution in [0.5, 0.6) is 0 Å². The summed E-state index contributed by atoms with van der Waals surface area (Å²) in [5.74, 6) is -1.31. The first kappa shape index (κ1) is 18.5. The number of halogens is 1. The van der Waals surface area contributed by atoms with E-state index in [1.807, 2.05) is 6.92 Å². The fourth-order valence-corrected chi connectivity index (χ4v) is 2.49. The van der Waals surface area contributed by atoms with Crippen LogP contribution in [0.25, 0.3) is 10.9 Å². The van der Waals surface area contributed by atoms with Gasteiger partial charge in [0.05, 0.1) is 5.39 Å². The Kier molecular flexibility index (Phi) is 5.46. The Morgan fingerprint density at radius 2 is 2.00 bits per heavy atom. The average Bonchev–Trinajstić information content (AvgIpc) is 2.65. The molecule has 1 aromatic heterocycles. The molecule has 3 aromatic rings. The summed E-state index contributed by atoms with van der Waals surface area (Å²) in [7, 11) is 0. The fourth-order valence-electron chi connectivity index (χ4n) is 2.31. The summed E-state index contributed by atoms with van der Waals surface area (Å²) in [4.78, 5) is 36.0. The van der Waals surface area contributed by atoms with Crippen molar-refractivity contribution in [3.8, 4) is 0 Å². The lowest BCUT2D eigenvalue weighted by atomic mass is 10.2. The van der Waals surface area contributed by atoms with E-state index in [1.165, 1.54) is 0 Å². The molecular weight excluding hydrogens is 372 g/mol. The monoisotopic (exact) mass is 386 g/mol. The normalized spacial score (nSPS) is 10.6. The van der Waals surface area contributed by atoms with E-state index in [0.29, 0.717) is 21.6 Å². The first-order valence-corrected chi connectivity index (χ1v) is 8.36. The predicted octanol–water partition coefficient (Wildman–Crippen LogP) is 1.94. The quantitative estimate of drug-likeness (QED) is 0.672. The van der Waals surface area contributed by atoms with Crippen molar-refractivity contribution < 1.29 is 14.3 Å². The minimum atomic E-state index is -0.779. The number of fused-ring (bicyclic) bond motifs is 1. The highest BCUT2D eigenvalue weighted by Gasteiger charge is 2.12. The van der Waals surface area contributed by atoms with Crippen LogP contribution in [0.15, 0.2) is 47.3 Å². The van der Waals surface area contributed by atoms with Gasteiger partial charge in [-0.1, -0.05) is 35.0 Å². The molecule has 1 amide bonds. The number of carbonyl (C=O) groups excluding carboxylic acids is 2. The van der Waals surface area contributed by atoms with Crippen LogP contribution in [-0.2, 0) is 20.9 Å². The smallest absolute Gasteiger partial charge is 0.328 e. The van der Waals surface area contributed by atoms with E-state index in [9.17, 15) is 14.4 Å². The molecule has 0 bridgehead atoms. The molecule has 1 N–H and O–H groups in total. The van der Waals surface area contributed by atoms with E-state index in [0.717, 1.165) is 10.2 Å². The largest absolute Gasteiger partial charge is 0.454 e. The number of nitrogens with zero attached hydrogens (tertiary/aromatic N) is 3. The van der Waals surface area contributed by atoms with Gasteiger partial charge in [-0.3, -0.25) is 14.4 Å². The second-order valence-corrected chi connectivity index (χ2v) is 6.15. The summed E-state index contributed by atoms with van der Waals surface area (Å²) in [5.41, 5.74) is 1.34. The first-order valence-electron chi connectivity index (χ1n) is 7.98. The number of esters is 1. The molecule has 0 atom stereocenters. The van der Waals surface area contributed by atoms with Crippen molar-refractivity contribution in [3.63, 3.8) is 0 Å². The van der Waals surface area contributed by atoms with Crippen molar-refractivity contribution in [3.05, 3.63) is 63.4 Å². The molecule has 0 fully saturated rings. The summed E-state index contributed by atoms with van der Waals surface area (Å²) in [5, 5.41) is 11.0. The highest BCUT2D eigenvalue weighted by molar-refractivity contribution is 6.31. The van der Waals surface area contributed by atoms with Crippen LogP contribution in [-0.4, -0.2) is 33.5 Å². The lowest BCUT2D eigenvalue weighted by molar-refractivity contribution is -0.148. The van der Waals surface area contributed by atoms with Crippen molar-refractivity contribution in [1.29, 1.82) is 0 Å². The minimum absolute atomic E-state index is 0.342. The lowest BCUT2D eigenvalue weighted by Gasteiger charge is -2.08. The molecule has 0 aliphatic heterocycles. The van der Waals surface area contributed by atoms with Crippen LogP contribution in [0, 0.1) is 6.92 Å². The predicted molar refractivity (Wildman–Crippen MR) is 99.6 cm³/mol. The van der Waals surface area contributed by atoms with Gasteiger partial charge in [-0.25, -0.2) is 0 Å². The van der Waals surface area contributed by atoms with Crippen LogP contribution in [0.3, 0.4) is 0 Å². The van der Waals surface area contributed by atoms with E-state index in [-0.39, 0.29) is 0 Å². The number of amides is 1. The van der Waals surface area contributed by atoms with Gasteiger partial charge in [0.2, 0.25) is 0 Å².